The van der Waals surface area contributed by atoms with Crippen LogP contribution in [0.25, 0.3) is 0 Å². The van der Waals surface area contributed by atoms with E-state index in [0.29, 0.717) is 10.9 Å². The molecule has 0 bridgehead atoms. The quantitative estimate of drug-likeness (QED) is 0.838. The second-order valence-electron chi connectivity index (χ2n) is 4.72. The van der Waals surface area contributed by atoms with Crippen LogP contribution in [-0.4, -0.2) is 16.1 Å². The Morgan fingerprint density at radius 3 is 2.76 bits per heavy atom. The van der Waals surface area contributed by atoms with Crippen molar-refractivity contribution in [3.05, 3.63) is 23.9 Å². The Hall–Kier alpha value is -1.16. The van der Waals surface area contributed by atoms with Crippen LogP contribution in [0.1, 0.15) is 38.2 Å². The van der Waals surface area contributed by atoms with E-state index in [-0.39, 0.29) is 6.10 Å². The van der Waals surface area contributed by atoms with Crippen LogP contribution in [0.2, 0.25) is 0 Å². The molecule has 2 N–H and O–H groups in total. The van der Waals surface area contributed by atoms with Crippen molar-refractivity contribution in [2.24, 2.45) is 11.7 Å². The van der Waals surface area contributed by atoms with Gasteiger partial charge in [-0.15, -0.1) is 0 Å². The number of aromatic nitrogens is 1. The molecule has 1 heterocycles. The molecule has 1 aromatic rings. The van der Waals surface area contributed by atoms with E-state index in [1.165, 1.54) is 12.8 Å². The third-order valence-electron chi connectivity index (χ3n) is 3.28. The molecule has 2 rings (SSSR count). The molecule has 0 unspecified atom stereocenters. The van der Waals surface area contributed by atoms with Crippen LogP contribution in [-0.2, 0) is 0 Å². The zero-order valence-electron chi connectivity index (χ0n) is 10.1. The standard InChI is InChI=1S/C13H18N2OS/c1-9-4-6-10(7-5-9)16-13-11(12(14)17)3-2-8-15-13/h2-3,8-10H,4-7H2,1H3,(H2,14,17). The highest BCUT2D eigenvalue weighted by molar-refractivity contribution is 7.80. The molecule has 0 spiro atoms. The number of thiocarbonyl (C=S) groups is 1. The summed E-state index contributed by atoms with van der Waals surface area (Å²) >= 11 is 4.99. The van der Waals surface area contributed by atoms with Crippen LogP contribution in [0.5, 0.6) is 5.88 Å². The molecule has 3 nitrogen and oxygen atoms in total. The van der Waals surface area contributed by atoms with Crippen molar-refractivity contribution in [3.8, 4) is 5.88 Å². The molecule has 0 radical (unpaired) electrons. The molecule has 1 saturated carbocycles. The van der Waals surface area contributed by atoms with Crippen LogP contribution in [0.3, 0.4) is 0 Å². The first-order valence-corrected chi connectivity index (χ1v) is 6.49. The summed E-state index contributed by atoms with van der Waals surface area (Å²) in [5.41, 5.74) is 6.39. The normalized spacial score (nSPS) is 24.3. The smallest absolute Gasteiger partial charge is 0.223 e. The minimum Gasteiger partial charge on any atom is -0.474 e. The van der Waals surface area contributed by atoms with Gasteiger partial charge >= 0.3 is 0 Å². The van der Waals surface area contributed by atoms with Gasteiger partial charge in [-0.1, -0.05) is 19.1 Å². The van der Waals surface area contributed by atoms with E-state index < -0.39 is 0 Å². The molecular formula is C13H18N2OS. The molecule has 92 valence electrons. The van der Waals surface area contributed by atoms with Gasteiger partial charge < -0.3 is 10.5 Å². The Kier molecular flexibility index (Phi) is 3.94. The lowest BCUT2D eigenvalue weighted by molar-refractivity contribution is 0.130. The van der Waals surface area contributed by atoms with Crippen LogP contribution < -0.4 is 10.5 Å². The van der Waals surface area contributed by atoms with E-state index >= 15 is 0 Å². The molecule has 17 heavy (non-hydrogen) atoms. The number of nitrogens with zero attached hydrogens (tertiary/aromatic N) is 1. The van der Waals surface area contributed by atoms with Crippen LogP contribution in [0.4, 0.5) is 0 Å². The number of hydrogen-bond acceptors (Lipinski definition) is 3. The molecule has 0 saturated heterocycles. The third-order valence-corrected chi connectivity index (χ3v) is 3.50. The monoisotopic (exact) mass is 250 g/mol. The summed E-state index contributed by atoms with van der Waals surface area (Å²) in [5, 5.41) is 0. The lowest BCUT2D eigenvalue weighted by Crippen LogP contribution is -2.25. The highest BCUT2D eigenvalue weighted by Gasteiger charge is 2.21. The highest BCUT2D eigenvalue weighted by atomic mass is 32.1. The van der Waals surface area contributed by atoms with Gasteiger partial charge in [-0.2, -0.15) is 0 Å². The Morgan fingerprint density at radius 2 is 2.12 bits per heavy atom. The molecule has 1 aromatic heterocycles. The van der Waals surface area contributed by atoms with Crippen LogP contribution >= 0.6 is 12.2 Å². The minimum absolute atomic E-state index is 0.259. The Bertz CT molecular complexity index is 400. The summed E-state index contributed by atoms with van der Waals surface area (Å²) in [4.78, 5) is 4.57. The predicted octanol–water partition coefficient (Wildman–Crippen LogP) is 2.67. The average molecular weight is 250 g/mol. The van der Waals surface area contributed by atoms with Gasteiger partial charge in [0.25, 0.3) is 0 Å². The van der Waals surface area contributed by atoms with Crippen LogP contribution in [0.15, 0.2) is 18.3 Å². The molecule has 1 aliphatic rings. The van der Waals surface area contributed by atoms with Gasteiger partial charge in [0.2, 0.25) is 5.88 Å². The third kappa shape index (κ3) is 3.16. The van der Waals surface area contributed by atoms with Gasteiger partial charge in [-0.3, -0.25) is 0 Å². The zero-order chi connectivity index (χ0) is 12.3. The maximum Gasteiger partial charge on any atom is 0.223 e. The summed E-state index contributed by atoms with van der Waals surface area (Å²) in [5.74, 6) is 1.40. The fraction of sp³-hybridized carbons (Fsp3) is 0.538. The van der Waals surface area contributed by atoms with Gasteiger partial charge in [0.05, 0.1) is 5.56 Å². The van der Waals surface area contributed by atoms with E-state index in [2.05, 4.69) is 11.9 Å². The van der Waals surface area contributed by atoms with Gasteiger partial charge in [-0.05, 0) is 43.7 Å². The summed E-state index contributed by atoms with van der Waals surface area (Å²) in [6, 6.07) is 3.68. The molecule has 1 aliphatic carbocycles. The second kappa shape index (κ2) is 5.45. The maximum atomic E-state index is 5.92. The summed E-state index contributed by atoms with van der Waals surface area (Å²) in [6.07, 6.45) is 6.60. The lowest BCUT2D eigenvalue weighted by Gasteiger charge is -2.26. The summed E-state index contributed by atoms with van der Waals surface area (Å²) in [6.45, 7) is 2.29. The van der Waals surface area contributed by atoms with Gasteiger partial charge in [0.15, 0.2) is 0 Å². The summed E-state index contributed by atoms with van der Waals surface area (Å²) in [7, 11) is 0. The van der Waals surface area contributed by atoms with Gasteiger partial charge in [0.1, 0.15) is 11.1 Å². The predicted molar refractivity (Wildman–Crippen MR) is 72.2 cm³/mol. The zero-order valence-corrected chi connectivity index (χ0v) is 10.9. The lowest BCUT2D eigenvalue weighted by atomic mass is 9.89. The molecule has 0 aliphatic heterocycles. The molecule has 0 atom stereocenters. The Morgan fingerprint density at radius 1 is 1.41 bits per heavy atom. The van der Waals surface area contributed by atoms with Gasteiger partial charge in [-0.25, -0.2) is 4.98 Å². The van der Waals surface area contributed by atoms with E-state index in [0.717, 1.165) is 24.3 Å². The fourth-order valence-electron chi connectivity index (χ4n) is 2.18. The van der Waals surface area contributed by atoms with Crippen molar-refractivity contribution in [3.63, 3.8) is 0 Å². The second-order valence-corrected chi connectivity index (χ2v) is 5.16. The van der Waals surface area contributed by atoms with Crippen LogP contribution in [0, 0.1) is 5.92 Å². The molecule has 0 aromatic carbocycles. The van der Waals surface area contributed by atoms with Crippen molar-refractivity contribution >= 4 is 17.2 Å². The number of nitrogens with two attached hydrogens (primary N) is 1. The fourth-order valence-corrected chi connectivity index (χ4v) is 2.33. The number of ether oxygens (including phenoxy) is 1. The molecular weight excluding hydrogens is 232 g/mol. The number of hydrogen-bond donors (Lipinski definition) is 1. The maximum absolute atomic E-state index is 5.92. The van der Waals surface area contributed by atoms with Crippen molar-refractivity contribution in [1.29, 1.82) is 0 Å². The first-order valence-electron chi connectivity index (χ1n) is 6.08. The molecule has 0 amide bonds. The van der Waals surface area contributed by atoms with Crippen molar-refractivity contribution < 1.29 is 4.74 Å². The highest BCUT2D eigenvalue weighted by Crippen LogP contribution is 2.27. The van der Waals surface area contributed by atoms with E-state index in [9.17, 15) is 0 Å². The molecule has 1 fully saturated rings. The van der Waals surface area contributed by atoms with Crippen molar-refractivity contribution in [2.75, 3.05) is 0 Å². The van der Waals surface area contributed by atoms with E-state index in [1.54, 1.807) is 6.20 Å². The van der Waals surface area contributed by atoms with E-state index in [1.807, 2.05) is 12.1 Å². The first kappa shape index (κ1) is 12.3. The summed E-state index contributed by atoms with van der Waals surface area (Å²) < 4.78 is 5.92. The number of pyridine rings is 1. The molecule has 4 heteroatoms. The Labute approximate surface area is 107 Å². The van der Waals surface area contributed by atoms with Crippen molar-refractivity contribution in [1.82, 2.24) is 4.98 Å². The van der Waals surface area contributed by atoms with Gasteiger partial charge in [0, 0.05) is 6.20 Å². The van der Waals surface area contributed by atoms with E-state index in [4.69, 9.17) is 22.7 Å². The van der Waals surface area contributed by atoms with Crippen molar-refractivity contribution in [2.45, 2.75) is 38.7 Å². The minimum atomic E-state index is 0.259. The number of rotatable bonds is 3. The Balaban J connectivity index is 2.05. The SMILES string of the molecule is CC1CCC(Oc2ncccc2C(N)=S)CC1. The largest absolute Gasteiger partial charge is 0.474 e. The topological polar surface area (TPSA) is 48.1 Å². The average Bonchev–Trinajstić information content (AvgIpc) is 2.32. The first-order chi connectivity index (χ1) is 8.16.